The van der Waals surface area contributed by atoms with Crippen LogP contribution in [-0.4, -0.2) is 46.0 Å². The predicted molar refractivity (Wildman–Crippen MR) is 138 cm³/mol. The van der Waals surface area contributed by atoms with Crippen molar-refractivity contribution in [1.29, 1.82) is 0 Å². The van der Waals surface area contributed by atoms with Crippen molar-refractivity contribution in [3.8, 4) is 16.9 Å². The summed E-state index contributed by atoms with van der Waals surface area (Å²) in [5, 5.41) is 3.67. The van der Waals surface area contributed by atoms with Gasteiger partial charge in [0.25, 0.3) is 5.91 Å². The molecule has 4 aromatic rings. The van der Waals surface area contributed by atoms with Crippen LogP contribution in [0.5, 0.6) is 5.75 Å². The molecule has 0 spiro atoms. The lowest BCUT2D eigenvalue weighted by Gasteiger charge is -2.15. The summed E-state index contributed by atoms with van der Waals surface area (Å²) in [4.78, 5) is 28.9. The van der Waals surface area contributed by atoms with Gasteiger partial charge in [0.2, 0.25) is 0 Å². The van der Waals surface area contributed by atoms with Crippen LogP contribution in [0.25, 0.3) is 22.2 Å². The molecule has 35 heavy (non-hydrogen) atoms. The zero-order valence-electron chi connectivity index (χ0n) is 19.1. The first-order valence-corrected chi connectivity index (χ1v) is 12.1. The van der Waals surface area contributed by atoms with Crippen molar-refractivity contribution >= 4 is 46.0 Å². The highest BCUT2D eigenvalue weighted by molar-refractivity contribution is 6.40. The molecule has 1 aliphatic rings. The first kappa shape index (κ1) is 23.5. The molecular formula is C26H23Cl2N5O2. The number of ether oxygens (including phenoxy) is 1. The average Bonchev–Trinajstić information content (AvgIpc) is 3.38. The van der Waals surface area contributed by atoms with Crippen molar-refractivity contribution in [2.24, 2.45) is 0 Å². The maximum Gasteiger partial charge on any atom is 0.259 e. The molecule has 7 nitrogen and oxygen atoms in total. The number of benzene rings is 2. The minimum absolute atomic E-state index is 0.329. The number of nitrogens with one attached hydrogen (secondary N) is 1. The number of nitrogens with zero attached hydrogens (tertiary/aromatic N) is 4. The second-order valence-corrected chi connectivity index (χ2v) is 9.13. The summed E-state index contributed by atoms with van der Waals surface area (Å²) in [6.45, 7) is 3.11. The zero-order valence-corrected chi connectivity index (χ0v) is 20.6. The van der Waals surface area contributed by atoms with Crippen LogP contribution in [0.2, 0.25) is 10.0 Å². The molecule has 0 aliphatic carbocycles. The molecular weight excluding hydrogens is 485 g/mol. The van der Waals surface area contributed by atoms with E-state index in [1.165, 1.54) is 20.0 Å². The van der Waals surface area contributed by atoms with Gasteiger partial charge in [-0.05, 0) is 55.8 Å². The predicted octanol–water partition coefficient (Wildman–Crippen LogP) is 5.86. The summed E-state index contributed by atoms with van der Waals surface area (Å²) < 4.78 is 5.35. The van der Waals surface area contributed by atoms with Crippen LogP contribution >= 0.6 is 23.2 Å². The molecule has 2 aromatic heterocycles. The molecule has 3 heterocycles. The van der Waals surface area contributed by atoms with Gasteiger partial charge >= 0.3 is 0 Å². The molecule has 1 aliphatic heterocycles. The molecule has 5 rings (SSSR count). The second kappa shape index (κ2) is 10.2. The van der Waals surface area contributed by atoms with Gasteiger partial charge in [-0.3, -0.25) is 19.7 Å². The maximum atomic E-state index is 13.2. The van der Waals surface area contributed by atoms with Crippen LogP contribution in [0.4, 0.5) is 5.82 Å². The van der Waals surface area contributed by atoms with E-state index >= 15 is 0 Å². The number of methoxy groups -OCH3 is 1. The number of halogens is 2. The highest BCUT2D eigenvalue weighted by Crippen LogP contribution is 2.42. The third-order valence-corrected chi connectivity index (χ3v) is 6.78. The molecule has 1 fully saturated rings. The lowest BCUT2D eigenvalue weighted by Crippen LogP contribution is -2.18. The Morgan fingerprint density at radius 1 is 1.00 bits per heavy atom. The van der Waals surface area contributed by atoms with E-state index in [0.29, 0.717) is 49.3 Å². The number of anilines is 1. The van der Waals surface area contributed by atoms with E-state index in [9.17, 15) is 4.79 Å². The Kier molecular flexibility index (Phi) is 6.81. The number of carbonyl (C=O) groups excluding carboxylic acids is 1. The van der Waals surface area contributed by atoms with Gasteiger partial charge in [0.15, 0.2) is 0 Å². The first-order valence-electron chi connectivity index (χ1n) is 11.3. The molecule has 0 saturated carbocycles. The molecule has 1 saturated heterocycles. The molecule has 2 aromatic carbocycles. The fourth-order valence-corrected chi connectivity index (χ4v) is 5.01. The SMILES string of the molecule is COc1ccc(Cl)c(-c2ccc(C(=O)Nc3ccc(CN4CCCC4)cn3)c3nccnc23)c1Cl. The average molecular weight is 508 g/mol. The lowest BCUT2D eigenvalue weighted by atomic mass is 10.00. The Labute approximate surface area is 213 Å². The molecule has 0 radical (unpaired) electrons. The summed E-state index contributed by atoms with van der Waals surface area (Å²) in [7, 11) is 1.54. The minimum Gasteiger partial charge on any atom is -0.495 e. The van der Waals surface area contributed by atoms with Crippen LogP contribution in [0.15, 0.2) is 55.0 Å². The Hall–Kier alpha value is -3.26. The van der Waals surface area contributed by atoms with Crippen LogP contribution in [0.3, 0.4) is 0 Å². The number of carbonyl (C=O) groups is 1. The number of hydrogen-bond acceptors (Lipinski definition) is 6. The molecule has 0 unspecified atom stereocenters. The van der Waals surface area contributed by atoms with Crippen molar-refractivity contribution in [2.75, 3.05) is 25.5 Å². The third kappa shape index (κ3) is 4.80. The van der Waals surface area contributed by atoms with Gasteiger partial charge in [0, 0.05) is 36.3 Å². The van der Waals surface area contributed by atoms with Crippen molar-refractivity contribution in [1.82, 2.24) is 19.9 Å². The van der Waals surface area contributed by atoms with Crippen LogP contribution < -0.4 is 10.1 Å². The largest absolute Gasteiger partial charge is 0.495 e. The smallest absolute Gasteiger partial charge is 0.259 e. The number of amides is 1. The summed E-state index contributed by atoms with van der Waals surface area (Å²) >= 11 is 13.1. The number of likely N-dealkylation sites (tertiary alicyclic amines) is 1. The number of hydrogen-bond donors (Lipinski definition) is 1. The summed E-state index contributed by atoms with van der Waals surface area (Å²) in [6.07, 6.45) is 7.40. The van der Waals surface area contributed by atoms with E-state index in [0.717, 1.165) is 25.2 Å². The van der Waals surface area contributed by atoms with Gasteiger partial charge in [-0.25, -0.2) is 4.98 Å². The highest BCUT2D eigenvalue weighted by Gasteiger charge is 2.21. The van der Waals surface area contributed by atoms with Gasteiger partial charge < -0.3 is 10.1 Å². The Morgan fingerprint density at radius 2 is 1.77 bits per heavy atom. The molecule has 0 atom stereocenters. The van der Waals surface area contributed by atoms with Gasteiger partial charge in [-0.15, -0.1) is 0 Å². The van der Waals surface area contributed by atoms with E-state index in [-0.39, 0.29) is 5.91 Å². The van der Waals surface area contributed by atoms with Crippen molar-refractivity contribution in [3.63, 3.8) is 0 Å². The monoisotopic (exact) mass is 507 g/mol. The summed E-state index contributed by atoms with van der Waals surface area (Å²) in [5.74, 6) is 0.633. The number of rotatable bonds is 6. The van der Waals surface area contributed by atoms with Crippen LogP contribution in [0.1, 0.15) is 28.8 Å². The van der Waals surface area contributed by atoms with Crippen molar-refractivity contribution in [3.05, 3.63) is 76.2 Å². The van der Waals surface area contributed by atoms with Crippen LogP contribution in [-0.2, 0) is 6.54 Å². The fraction of sp³-hybridized carbons (Fsp3) is 0.231. The van der Waals surface area contributed by atoms with Crippen molar-refractivity contribution < 1.29 is 9.53 Å². The topological polar surface area (TPSA) is 80.2 Å². The number of fused-ring (bicyclic) bond motifs is 1. The van der Waals surface area contributed by atoms with Gasteiger partial charge in [-0.1, -0.05) is 35.3 Å². The van der Waals surface area contributed by atoms with E-state index in [4.69, 9.17) is 27.9 Å². The van der Waals surface area contributed by atoms with Gasteiger partial charge in [0.05, 0.1) is 28.2 Å². The Balaban J connectivity index is 1.44. The van der Waals surface area contributed by atoms with Crippen LogP contribution in [0, 0.1) is 0 Å². The fourth-order valence-electron chi connectivity index (χ4n) is 4.35. The van der Waals surface area contributed by atoms with Gasteiger partial charge in [0.1, 0.15) is 17.1 Å². The Bertz CT molecular complexity index is 1390. The normalized spacial score (nSPS) is 13.8. The standard InChI is InChI=1S/C26H23Cl2N5O2/c1-35-20-8-7-19(27)22(23(20)28)17-5-6-18(25-24(17)29-10-11-30-25)26(34)32-21-9-4-16(14-31-21)15-33-12-2-3-13-33/h4-11,14H,2-3,12-13,15H2,1H3,(H,31,32,34). The minimum atomic E-state index is -0.329. The summed E-state index contributed by atoms with van der Waals surface area (Å²) in [6, 6.07) is 10.7. The zero-order chi connectivity index (χ0) is 24.4. The first-order chi connectivity index (χ1) is 17.0. The number of aromatic nitrogens is 3. The van der Waals surface area contributed by atoms with Crippen molar-refractivity contribution in [2.45, 2.75) is 19.4 Å². The lowest BCUT2D eigenvalue weighted by molar-refractivity contribution is 0.102. The highest BCUT2D eigenvalue weighted by atomic mass is 35.5. The third-order valence-electron chi connectivity index (χ3n) is 6.09. The molecule has 9 heteroatoms. The quantitative estimate of drug-likeness (QED) is 0.352. The summed E-state index contributed by atoms with van der Waals surface area (Å²) in [5.41, 5.74) is 3.66. The van der Waals surface area contributed by atoms with E-state index in [2.05, 4.69) is 25.2 Å². The molecule has 0 bridgehead atoms. The molecule has 1 N–H and O–H groups in total. The van der Waals surface area contributed by atoms with E-state index < -0.39 is 0 Å². The second-order valence-electron chi connectivity index (χ2n) is 8.34. The van der Waals surface area contributed by atoms with E-state index in [1.54, 1.807) is 36.7 Å². The van der Waals surface area contributed by atoms with Gasteiger partial charge in [-0.2, -0.15) is 0 Å². The van der Waals surface area contributed by atoms with E-state index in [1.807, 2.05) is 18.3 Å². The molecule has 178 valence electrons. The molecule has 1 amide bonds. The maximum absolute atomic E-state index is 13.2. The Morgan fingerprint density at radius 3 is 2.49 bits per heavy atom. The number of pyridine rings is 1.